The Morgan fingerprint density at radius 1 is 1.09 bits per heavy atom. The first-order chi connectivity index (χ1) is 16.6. The lowest BCUT2D eigenvalue weighted by molar-refractivity contribution is -0.146. The van der Waals surface area contributed by atoms with Crippen LogP contribution in [0.4, 0.5) is 8.78 Å². The van der Waals surface area contributed by atoms with Gasteiger partial charge in [-0.1, -0.05) is 36.4 Å². The normalized spacial score (nSPS) is 22.0. The Labute approximate surface area is 198 Å². The molecule has 7 heteroatoms. The number of ether oxygens (including phenoxy) is 2. The van der Waals surface area contributed by atoms with Crippen molar-refractivity contribution in [2.75, 3.05) is 46.0 Å². The van der Waals surface area contributed by atoms with Crippen molar-refractivity contribution in [2.45, 2.75) is 25.0 Å². The van der Waals surface area contributed by atoms with Crippen molar-refractivity contribution in [3.63, 3.8) is 0 Å². The van der Waals surface area contributed by atoms with Gasteiger partial charge in [-0.25, -0.2) is 8.78 Å². The van der Waals surface area contributed by atoms with Crippen molar-refractivity contribution >= 4 is 11.5 Å². The minimum absolute atomic E-state index is 0.0820. The Balaban J connectivity index is 1.35. The zero-order valence-corrected chi connectivity index (χ0v) is 19.2. The summed E-state index contributed by atoms with van der Waals surface area (Å²) in [6.45, 7) is 4.66. The molecule has 2 atom stereocenters. The van der Waals surface area contributed by atoms with Crippen LogP contribution in [0.3, 0.4) is 0 Å². The molecule has 2 aromatic rings. The highest BCUT2D eigenvalue weighted by Crippen LogP contribution is 2.40. The lowest BCUT2D eigenvalue weighted by atomic mass is 10.0. The van der Waals surface area contributed by atoms with Gasteiger partial charge in [0.1, 0.15) is 17.7 Å². The molecule has 2 heterocycles. The average molecular weight is 469 g/mol. The SMILES string of the molecule is O=C([C@@H](OCCN1CCOCC1)C1CC1)N1CC(c2cc(F)ccc2F)=C[C@H]1c1ccccc1. The molecule has 1 amide bonds. The Kier molecular flexibility index (Phi) is 7.04. The average Bonchev–Trinajstić information content (AvgIpc) is 3.61. The Morgan fingerprint density at radius 3 is 2.59 bits per heavy atom. The second kappa shape index (κ2) is 10.3. The van der Waals surface area contributed by atoms with Crippen molar-refractivity contribution in [1.82, 2.24) is 9.80 Å². The molecule has 1 aliphatic carbocycles. The van der Waals surface area contributed by atoms with E-state index in [1.165, 1.54) is 6.07 Å². The highest BCUT2D eigenvalue weighted by atomic mass is 19.1. The molecule has 0 radical (unpaired) electrons. The van der Waals surface area contributed by atoms with Crippen LogP contribution in [0.15, 0.2) is 54.6 Å². The van der Waals surface area contributed by atoms with Gasteiger partial charge in [0, 0.05) is 31.7 Å². The first-order valence-corrected chi connectivity index (χ1v) is 12.0. The third-order valence-corrected chi connectivity index (χ3v) is 6.84. The van der Waals surface area contributed by atoms with E-state index in [4.69, 9.17) is 9.47 Å². The number of rotatable bonds is 8. The van der Waals surface area contributed by atoms with E-state index in [0.29, 0.717) is 12.2 Å². The molecule has 180 valence electrons. The van der Waals surface area contributed by atoms with E-state index in [9.17, 15) is 13.6 Å². The molecule has 1 saturated carbocycles. The molecule has 1 saturated heterocycles. The summed E-state index contributed by atoms with van der Waals surface area (Å²) in [7, 11) is 0. The first kappa shape index (κ1) is 23.1. The van der Waals surface area contributed by atoms with Crippen LogP contribution in [0.1, 0.15) is 30.0 Å². The van der Waals surface area contributed by atoms with Crippen LogP contribution in [0, 0.1) is 17.6 Å². The fourth-order valence-corrected chi connectivity index (χ4v) is 4.78. The van der Waals surface area contributed by atoms with Crippen LogP contribution in [-0.4, -0.2) is 67.8 Å². The zero-order chi connectivity index (χ0) is 23.5. The number of carbonyl (C=O) groups is 1. The summed E-state index contributed by atoms with van der Waals surface area (Å²) in [5.41, 5.74) is 1.75. The topological polar surface area (TPSA) is 42.0 Å². The largest absolute Gasteiger partial charge is 0.379 e. The van der Waals surface area contributed by atoms with Gasteiger partial charge in [-0.15, -0.1) is 0 Å². The van der Waals surface area contributed by atoms with E-state index < -0.39 is 17.7 Å². The number of morpholine rings is 1. The van der Waals surface area contributed by atoms with Gasteiger partial charge in [-0.3, -0.25) is 9.69 Å². The van der Waals surface area contributed by atoms with Crippen molar-refractivity contribution < 1.29 is 23.0 Å². The fourth-order valence-electron chi connectivity index (χ4n) is 4.78. The van der Waals surface area contributed by atoms with Crippen LogP contribution >= 0.6 is 0 Å². The number of carbonyl (C=O) groups excluding carboxylic acids is 1. The Bertz CT molecular complexity index is 1040. The molecule has 0 aromatic heterocycles. The molecule has 34 heavy (non-hydrogen) atoms. The fraction of sp³-hybridized carbons (Fsp3) is 0.444. The highest BCUT2D eigenvalue weighted by molar-refractivity contribution is 5.86. The second-order valence-corrected chi connectivity index (χ2v) is 9.22. The van der Waals surface area contributed by atoms with Crippen molar-refractivity contribution in [2.24, 2.45) is 5.92 Å². The van der Waals surface area contributed by atoms with Gasteiger partial charge in [0.15, 0.2) is 0 Å². The van der Waals surface area contributed by atoms with Gasteiger partial charge in [0.25, 0.3) is 5.91 Å². The van der Waals surface area contributed by atoms with Crippen molar-refractivity contribution in [3.05, 3.63) is 77.4 Å². The van der Waals surface area contributed by atoms with Gasteiger partial charge < -0.3 is 14.4 Å². The summed E-state index contributed by atoms with van der Waals surface area (Å²) >= 11 is 0. The first-order valence-electron chi connectivity index (χ1n) is 12.0. The summed E-state index contributed by atoms with van der Waals surface area (Å²) in [6.07, 6.45) is 3.30. The monoisotopic (exact) mass is 468 g/mol. The minimum Gasteiger partial charge on any atom is -0.379 e. The third-order valence-electron chi connectivity index (χ3n) is 6.84. The molecule has 5 rings (SSSR count). The number of halogens is 2. The molecular formula is C27H30F2N2O3. The van der Waals surface area contributed by atoms with Gasteiger partial charge in [0.05, 0.1) is 25.9 Å². The molecular weight excluding hydrogens is 438 g/mol. The van der Waals surface area contributed by atoms with Gasteiger partial charge in [0.2, 0.25) is 0 Å². The maximum atomic E-state index is 14.6. The van der Waals surface area contributed by atoms with Crippen LogP contribution in [0.5, 0.6) is 0 Å². The summed E-state index contributed by atoms with van der Waals surface area (Å²) in [6, 6.07) is 12.8. The smallest absolute Gasteiger partial charge is 0.253 e. The molecule has 2 aromatic carbocycles. The number of benzene rings is 2. The van der Waals surface area contributed by atoms with E-state index in [2.05, 4.69) is 4.90 Å². The second-order valence-electron chi connectivity index (χ2n) is 9.22. The molecule has 0 spiro atoms. The predicted molar refractivity (Wildman–Crippen MR) is 125 cm³/mol. The summed E-state index contributed by atoms with van der Waals surface area (Å²) in [4.78, 5) is 17.8. The number of nitrogens with zero attached hydrogens (tertiary/aromatic N) is 2. The van der Waals surface area contributed by atoms with E-state index in [0.717, 1.165) is 63.4 Å². The molecule has 3 aliphatic rings. The third kappa shape index (κ3) is 5.22. The van der Waals surface area contributed by atoms with Crippen LogP contribution in [0.25, 0.3) is 5.57 Å². The predicted octanol–water partition coefficient (Wildman–Crippen LogP) is 4.06. The lowest BCUT2D eigenvalue weighted by Crippen LogP contribution is -2.43. The van der Waals surface area contributed by atoms with Gasteiger partial charge >= 0.3 is 0 Å². The van der Waals surface area contributed by atoms with E-state index in [1.807, 2.05) is 36.4 Å². The molecule has 0 bridgehead atoms. The number of hydrogen-bond donors (Lipinski definition) is 0. The maximum Gasteiger partial charge on any atom is 0.253 e. The highest BCUT2D eigenvalue weighted by Gasteiger charge is 2.42. The standard InChI is InChI=1S/C27H30F2N2O3/c28-22-8-9-24(29)23(17-22)21-16-25(19-4-2-1-3-5-19)31(18-21)27(32)26(20-6-7-20)34-15-12-30-10-13-33-14-11-30/h1-5,8-9,16-17,20,25-26H,6-7,10-15,18H2/t25-,26-/m0/s1. The number of hydrogen-bond acceptors (Lipinski definition) is 4. The zero-order valence-electron chi connectivity index (χ0n) is 19.2. The van der Waals surface area contributed by atoms with Gasteiger partial charge in [-0.2, -0.15) is 0 Å². The van der Waals surface area contributed by atoms with E-state index >= 15 is 0 Å². The quantitative estimate of drug-likeness (QED) is 0.586. The number of amides is 1. The van der Waals surface area contributed by atoms with E-state index in [-0.39, 0.29) is 30.0 Å². The van der Waals surface area contributed by atoms with Crippen molar-refractivity contribution in [1.29, 1.82) is 0 Å². The molecule has 2 aliphatic heterocycles. The molecule has 0 N–H and O–H groups in total. The minimum atomic E-state index is -0.516. The Morgan fingerprint density at radius 2 is 1.85 bits per heavy atom. The molecule has 0 unspecified atom stereocenters. The Hall–Kier alpha value is -2.61. The lowest BCUT2D eigenvalue weighted by Gasteiger charge is -2.31. The van der Waals surface area contributed by atoms with Crippen LogP contribution in [-0.2, 0) is 14.3 Å². The molecule has 2 fully saturated rings. The van der Waals surface area contributed by atoms with Gasteiger partial charge in [-0.05, 0) is 48.1 Å². The van der Waals surface area contributed by atoms with Crippen LogP contribution < -0.4 is 0 Å². The summed E-state index contributed by atoms with van der Waals surface area (Å²) in [5, 5.41) is 0. The van der Waals surface area contributed by atoms with Crippen LogP contribution in [0.2, 0.25) is 0 Å². The van der Waals surface area contributed by atoms with Crippen molar-refractivity contribution in [3.8, 4) is 0 Å². The van der Waals surface area contributed by atoms with E-state index in [1.54, 1.807) is 4.90 Å². The maximum absolute atomic E-state index is 14.6. The molecule has 5 nitrogen and oxygen atoms in total. The summed E-state index contributed by atoms with van der Waals surface area (Å²) < 4.78 is 40.1. The summed E-state index contributed by atoms with van der Waals surface area (Å²) in [5.74, 6) is -0.861.